The molecule has 2 nitrogen and oxygen atoms in total. The molecule has 1 fully saturated rings. The molecule has 0 aliphatic heterocycles. The number of aryl methyl sites for hydroxylation is 1. The van der Waals surface area contributed by atoms with E-state index in [0.29, 0.717) is 6.04 Å². The second-order valence-electron chi connectivity index (χ2n) is 5.08. The molecule has 1 aliphatic rings. The van der Waals surface area contributed by atoms with E-state index in [1.165, 1.54) is 32.1 Å². The maximum Gasteiger partial charge on any atom is 0.117 e. The predicted molar refractivity (Wildman–Crippen MR) is 66.3 cm³/mol. The van der Waals surface area contributed by atoms with E-state index in [1.54, 1.807) is 0 Å². The number of furan rings is 1. The van der Waals surface area contributed by atoms with Gasteiger partial charge in [0.05, 0.1) is 6.54 Å². The van der Waals surface area contributed by atoms with Crippen LogP contribution in [-0.4, -0.2) is 6.04 Å². The van der Waals surface area contributed by atoms with Gasteiger partial charge in [-0.2, -0.15) is 0 Å². The summed E-state index contributed by atoms with van der Waals surface area (Å²) < 4.78 is 5.56. The van der Waals surface area contributed by atoms with Crippen LogP contribution in [0.4, 0.5) is 0 Å². The van der Waals surface area contributed by atoms with Crippen molar-refractivity contribution in [2.45, 2.75) is 58.5 Å². The van der Waals surface area contributed by atoms with Gasteiger partial charge in [0.2, 0.25) is 0 Å². The summed E-state index contributed by atoms with van der Waals surface area (Å²) in [6.45, 7) is 5.17. The lowest BCUT2D eigenvalue weighted by Crippen LogP contribution is -2.34. The van der Waals surface area contributed by atoms with Crippen molar-refractivity contribution in [3.8, 4) is 0 Å². The van der Waals surface area contributed by atoms with E-state index in [0.717, 1.165) is 24.0 Å². The van der Waals surface area contributed by atoms with Crippen LogP contribution in [0.25, 0.3) is 0 Å². The van der Waals surface area contributed by atoms with Gasteiger partial charge in [-0.05, 0) is 44.7 Å². The van der Waals surface area contributed by atoms with Gasteiger partial charge in [0, 0.05) is 6.04 Å². The smallest absolute Gasteiger partial charge is 0.117 e. The highest BCUT2D eigenvalue weighted by Crippen LogP contribution is 2.26. The normalized spacial score (nSPS) is 19.9. The highest BCUT2D eigenvalue weighted by atomic mass is 16.3. The fourth-order valence-electron chi connectivity index (χ4n) is 2.64. The number of nitrogens with one attached hydrogen (secondary N) is 1. The molecule has 2 rings (SSSR count). The number of hydrogen-bond donors (Lipinski definition) is 1. The molecule has 0 saturated heterocycles. The van der Waals surface area contributed by atoms with E-state index < -0.39 is 0 Å². The summed E-state index contributed by atoms with van der Waals surface area (Å²) in [7, 11) is 0. The molecule has 0 spiro atoms. The van der Waals surface area contributed by atoms with Crippen molar-refractivity contribution in [1.29, 1.82) is 0 Å². The summed E-state index contributed by atoms with van der Waals surface area (Å²) in [5, 5.41) is 3.59. The van der Waals surface area contributed by atoms with Crippen molar-refractivity contribution in [1.82, 2.24) is 5.32 Å². The lowest BCUT2D eigenvalue weighted by Gasteiger charge is -2.28. The van der Waals surface area contributed by atoms with E-state index >= 15 is 0 Å². The Balaban J connectivity index is 1.76. The van der Waals surface area contributed by atoms with Gasteiger partial charge >= 0.3 is 0 Å². The van der Waals surface area contributed by atoms with Crippen LogP contribution in [0.1, 0.15) is 50.5 Å². The highest BCUT2D eigenvalue weighted by Gasteiger charge is 2.19. The molecule has 0 unspecified atom stereocenters. The summed E-state index contributed by atoms with van der Waals surface area (Å²) in [4.78, 5) is 0. The molecule has 0 aromatic carbocycles. The van der Waals surface area contributed by atoms with Gasteiger partial charge in [-0.15, -0.1) is 0 Å². The largest absolute Gasteiger partial charge is 0.465 e. The van der Waals surface area contributed by atoms with Crippen LogP contribution in [0.3, 0.4) is 0 Å². The first-order valence-corrected chi connectivity index (χ1v) is 6.54. The zero-order valence-corrected chi connectivity index (χ0v) is 10.5. The molecule has 16 heavy (non-hydrogen) atoms. The summed E-state index contributed by atoms with van der Waals surface area (Å²) in [6, 6.07) is 4.71. The Morgan fingerprint density at radius 3 is 2.69 bits per heavy atom. The second kappa shape index (κ2) is 5.53. The van der Waals surface area contributed by atoms with Crippen LogP contribution in [0, 0.1) is 12.8 Å². The maximum absolute atomic E-state index is 5.56. The van der Waals surface area contributed by atoms with Crippen LogP contribution in [0.15, 0.2) is 16.5 Å². The Kier molecular flexibility index (Phi) is 4.05. The summed E-state index contributed by atoms with van der Waals surface area (Å²) in [6.07, 6.45) is 7.05. The third kappa shape index (κ3) is 3.11. The SMILES string of the molecule is Cc1ccc(CN[C@@H](C)C2CCCCC2)o1. The van der Waals surface area contributed by atoms with Crippen LogP contribution in [-0.2, 0) is 6.54 Å². The van der Waals surface area contributed by atoms with Gasteiger partial charge in [0.15, 0.2) is 0 Å². The Labute approximate surface area is 98.4 Å². The second-order valence-corrected chi connectivity index (χ2v) is 5.08. The average molecular weight is 221 g/mol. The third-order valence-electron chi connectivity index (χ3n) is 3.75. The van der Waals surface area contributed by atoms with Crippen LogP contribution in [0.5, 0.6) is 0 Å². The lowest BCUT2D eigenvalue weighted by atomic mass is 9.84. The van der Waals surface area contributed by atoms with Crippen molar-refractivity contribution in [2.75, 3.05) is 0 Å². The van der Waals surface area contributed by atoms with Crippen molar-refractivity contribution < 1.29 is 4.42 Å². The Hall–Kier alpha value is -0.760. The number of hydrogen-bond acceptors (Lipinski definition) is 2. The molecule has 1 aromatic heterocycles. The first kappa shape index (κ1) is 11.7. The summed E-state index contributed by atoms with van der Waals surface area (Å²) in [5.74, 6) is 2.92. The molecule has 0 amide bonds. The van der Waals surface area contributed by atoms with E-state index in [2.05, 4.69) is 18.3 Å². The van der Waals surface area contributed by atoms with Crippen molar-refractivity contribution in [2.24, 2.45) is 5.92 Å². The first-order valence-electron chi connectivity index (χ1n) is 6.54. The predicted octanol–water partition coefficient (Wildman–Crippen LogP) is 3.65. The Morgan fingerprint density at radius 2 is 2.06 bits per heavy atom. The lowest BCUT2D eigenvalue weighted by molar-refractivity contribution is 0.275. The molecule has 1 N–H and O–H groups in total. The van der Waals surface area contributed by atoms with Gasteiger partial charge in [-0.25, -0.2) is 0 Å². The van der Waals surface area contributed by atoms with E-state index in [9.17, 15) is 0 Å². The zero-order valence-electron chi connectivity index (χ0n) is 10.5. The minimum Gasteiger partial charge on any atom is -0.465 e. The van der Waals surface area contributed by atoms with Crippen LogP contribution >= 0.6 is 0 Å². The average Bonchev–Trinajstić information content (AvgIpc) is 2.73. The monoisotopic (exact) mass is 221 g/mol. The summed E-state index contributed by atoms with van der Waals surface area (Å²) in [5.41, 5.74) is 0. The summed E-state index contributed by atoms with van der Waals surface area (Å²) >= 11 is 0. The first-order chi connectivity index (χ1) is 7.75. The van der Waals surface area contributed by atoms with Gasteiger partial charge in [0.1, 0.15) is 11.5 Å². The number of rotatable bonds is 4. The minimum atomic E-state index is 0.616. The van der Waals surface area contributed by atoms with E-state index in [4.69, 9.17) is 4.42 Å². The van der Waals surface area contributed by atoms with Crippen LogP contribution < -0.4 is 5.32 Å². The van der Waals surface area contributed by atoms with Crippen molar-refractivity contribution in [3.05, 3.63) is 23.7 Å². The molecule has 0 radical (unpaired) electrons. The molecule has 1 aromatic rings. The Morgan fingerprint density at radius 1 is 1.31 bits per heavy atom. The molecule has 1 heterocycles. The molecule has 0 bridgehead atoms. The minimum absolute atomic E-state index is 0.616. The topological polar surface area (TPSA) is 25.2 Å². The third-order valence-corrected chi connectivity index (χ3v) is 3.75. The quantitative estimate of drug-likeness (QED) is 0.839. The van der Waals surface area contributed by atoms with Gasteiger partial charge in [0.25, 0.3) is 0 Å². The molecule has 90 valence electrons. The molecule has 2 heteroatoms. The molecule has 1 atom stereocenters. The van der Waals surface area contributed by atoms with Crippen molar-refractivity contribution >= 4 is 0 Å². The highest BCUT2D eigenvalue weighted by molar-refractivity contribution is 5.05. The van der Waals surface area contributed by atoms with Crippen LogP contribution in [0.2, 0.25) is 0 Å². The zero-order chi connectivity index (χ0) is 11.4. The van der Waals surface area contributed by atoms with E-state index in [-0.39, 0.29) is 0 Å². The fraction of sp³-hybridized carbons (Fsp3) is 0.714. The van der Waals surface area contributed by atoms with E-state index in [1.807, 2.05) is 13.0 Å². The molecule has 1 saturated carbocycles. The fourth-order valence-corrected chi connectivity index (χ4v) is 2.64. The molecular weight excluding hydrogens is 198 g/mol. The van der Waals surface area contributed by atoms with Crippen molar-refractivity contribution in [3.63, 3.8) is 0 Å². The van der Waals surface area contributed by atoms with Gasteiger partial charge < -0.3 is 9.73 Å². The molecule has 1 aliphatic carbocycles. The maximum atomic E-state index is 5.56. The Bertz CT molecular complexity index is 312. The molecular formula is C14H23NO. The van der Waals surface area contributed by atoms with Gasteiger partial charge in [-0.3, -0.25) is 0 Å². The standard InChI is InChI=1S/C14H23NO/c1-11-8-9-14(16-11)10-15-12(2)13-6-4-3-5-7-13/h8-9,12-13,15H,3-7,10H2,1-2H3/t12-/m0/s1. The van der Waals surface area contributed by atoms with Gasteiger partial charge in [-0.1, -0.05) is 19.3 Å².